The summed E-state index contributed by atoms with van der Waals surface area (Å²) in [6.45, 7) is 5.47. The van der Waals surface area contributed by atoms with E-state index in [0.29, 0.717) is 11.3 Å². The SMILES string of the molecule is Cc1cc(C(=O)O)ccc1NC(=O)[C@@H](N)C(C)C. The number of aromatic carboxylic acids is 1. The van der Waals surface area contributed by atoms with Gasteiger partial charge in [-0.2, -0.15) is 0 Å². The minimum absolute atomic E-state index is 0.0450. The van der Waals surface area contributed by atoms with Crippen molar-refractivity contribution in [3.8, 4) is 0 Å². The van der Waals surface area contributed by atoms with Crippen molar-refractivity contribution in [3.05, 3.63) is 29.3 Å². The van der Waals surface area contributed by atoms with Crippen LogP contribution >= 0.6 is 0 Å². The molecule has 0 aromatic heterocycles. The third kappa shape index (κ3) is 3.30. The molecule has 0 heterocycles. The van der Waals surface area contributed by atoms with Crippen LogP contribution in [0.15, 0.2) is 18.2 Å². The van der Waals surface area contributed by atoms with Gasteiger partial charge in [0.05, 0.1) is 11.6 Å². The molecule has 0 saturated heterocycles. The van der Waals surface area contributed by atoms with Gasteiger partial charge in [-0.05, 0) is 36.6 Å². The van der Waals surface area contributed by atoms with Gasteiger partial charge in [0.25, 0.3) is 0 Å². The molecule has 1 rings (SSSR count). The van der Waals surface area contributed by atoms with Gasteiger partial charge < -0.3 is 16.2 Å². The van der Waals surface area contributed by atoms with E-state index in [1.807, 2.05) is 13.8 Å². The van der Waals surface area contributed by atoms with Crippen LogP contribution in [-0.4, -0.2) is 23.0 Å². The molecule has 0 aliphatic rings. The minimum Gasteiger partial charge on any atom is -0.478 e. The topological polar surface area (TPSA) is 92.4 Å². The van der Waals surface area contributed by atoms with E-state index in [1.54, 1.807) is 13.0 Å². The van der Waals surface area contributed by atoms with Crippen LogP contribution < -0.4 is 11.1 Å². The zero-order chi connectivity index (χ0) is 13.9. The van der Waals surface area contributed by atoms with Gasteiger partial charge in [-0.3, -0.25) is 4.79 Å². The molecule has 0 aliphatic carbocycles. The fourth-order valence-corrected chi connectivity index (χ4v) is 1.46. The Kier molecular flexibility index (Phi) is 4.44. The summed E-state index contributed by atoms with van der Waals surface area (Å²) in [4.78, 5) is 22.5. The molecule has 1 amide bonds. The Balaban J connectivity index is 2.86. The number of carbonyl (C=O) groups is 2. The van der Waals surface area contributed by atoms with Crippen molar-refractivity contribution < 1.29 is 14.7 Å². The van der Waals surface area contributed by atoms with Crippen LogP contribution in [0.1, 0.15) is 29.8 Å². The number of nitrogens with one attached hydrogen (secondary N) is 1. The Morgan fingerprint density at radius 2 is 1.94 bits per heavy atom. The molecule has 1 aromatic carbocycles. The van der Waals surface area contributed by atoms with Gasteiger partial charge in [0.2, 0.25) is 5.91 Å². The number of amides is 1. The van der Waals surface area contributed by atoms with Crippen molar-refractivity contribution in [2.75, 3.05) is 5.32 Å². The molecule has 18 heavy (non-hydrogen) atoms. The van der Waals surface area contributed by atoms with E-state index in [9.17, 15) is 9.59 Å². The van der Waals surface area contributed by atoms with Gasteiger partial charge in [-0.1, -0.05) is 13.8 Å². The Morgan fingerprint density at radius 3 is 2.39 bits per heavy atom. The van der Waals surface area contributed by atoms with Crippen molar-refractivity contribution in [2.24, 2.45) is 11.7 Å². The van der Waals surface area contributed by atoms with Crippen molar-refractivity contribution >= 4 is 17.6 Å². The lowest BCUT2D eigenvalue weighted by Gasteiger charge is -2.16. The highest BCUT2D eigenvalue weighted by Gasteiger charge is 2.18. The molecule has 0 saturated carbocycles. The van der Waals surface area contributed by atoms with Gasteiger partial charge >= 0.3 is 5.97 Å². The predicted molar refractivity (Wildman–Crippen MR) is 69.6 cm³/mol. The first-order chi connectivity index (χ1) is 8.32. The molecule has 0 aliphatic heterocycles. The number of carboxylic acid groups (broad SMARTS) is 1. The summed E-state index contributed by atoms with van der Waals surface area (Å²) in [5, 5.41) is 11.5. The van der Waals surface area contributed by atoms with Crippen LogP contribution in [-0.2, 0) is 4.79 Å². The largest absolute Gasteiger partial charge is 0.478 e. The molecule has 0 unspecified atom stereocenters. The standard InChI is InChI=1S/C13H18N2O3/c1-7(2)11(14)12(16)15-10-5-4-9(13(17)18)6-8(10)3/h4-7,11H,14H2,1-3H3,(H,15,16)(H,17,18)/t11-/m0/s1. The average molecular weight is 250 g/mol. The Hall–Kier alpha value is -1.88. The summed E-state index contributed by atoms with van der Waals surface area (Å²) in [5.41, 5.74) is 7.20. The highest BCUT2D eigenvalue weighted by atomic mass is 16.4. The van der Waals surface area contributed by atoms with Gasteiger partial charge in [0.1, 0.15) is 0 Å². The molecule has 98 valence electrons. The number of hydrogen-bond acceptors (Lipinski definition) is 3. The van der Waals surface area contributed by atoms with Gasteiger partial charge in [-0.25, -0.2) is 4.79 Å². The Labute approximate surface area is 106 Å². The third-order valence-electron chi connectivity index (χ3n) is 2.75. The highest BCUT2D eigenvalue weighted by molar-refractivity contribution is 5.96. The van der Waals surface area contributed by atoms with E-state index in [0.717, 1.165) is 0 Å². The maximum Gasteiger partial charge on any atom is 0.335 e. The van der Waals surface area contributed by atoms with E-state index >= 15 is 0 Å². The molecular formula is C13H18N2O3. The lowest BCUT2D eigenvalue weighted by Crippen LogP contribution is -2.39. The number of anilines is 1. The zero-order valence-corrected chi connectivity index (χ0v) is 10.7. The first-order valence-corrected chi connectivity index (χ1v) is 5.73. The number of rotatable bonds is 4. The maximum atomic E-state index is 11.8. The van der Waals surface area contributed by atoms with Crippen LogP contribution in [0.3, 0.4) is 0 Å². The second kappa shape index (κ2) is 5.64. The summed E-state index contributed by atoms with van der Waals surface area (Å²) >= 11 is 0. The summed E-state index contributed by atoms with van der Waals surface area (Å²) in [6, 6.07) is 3.96. The first kappa shape index (κ1) is 14.2. The van der Waals surface area contributed by atoms with Crippen LogP contribution in [0.5, 0.6) is 0 Å². The molecule has 0 fully saturated rings. The molecule has 5 heteroatoms. The number of aryl methyl sites for hydroxylation is 1. The molecule has 1 aromatic rings. The van der Waals surface area contributed by atoms with Crippen LogP contribution in [0.2, 0.25) is 0 Å². The molecular weight excluding hydrogens is 232 g/mol. The lowest BCUT2D eigenvalue weighted by atomic mass is 10.0. The van der Waals surface area contributed by atoms with E-state index in [1.165, 1.54) is 12.1 Å². The number of benzene rings is 1. The Morgan fingerprint density at radius 1 is 1.33 bits per heavy atom. The number of carboxylic acids is 1. The van der Waals surface area contributed by atoms with Crippen LogP contribution in [0.25, 0.3) is 0 Å². The number of nitrogens with two attached hydrogens (primary N) is 1. The number of hydrogen-bond donors (Lipinski definition) is 3. The van der Waals surface area contributed by atoms with Crippen LogP contribution in [0, 0.1) is 12.8 Å². The van der Waals surface area contributed by atoms with Crippen LogP contribution in [0.4, 0.5) is 5.69 Å². The average Bonchev–Trinajstić information content (AvgIpc) is 2.30. The maximum absolute atomic E-state index is 11.8. The van der Waals surface area contributed by atoms with E-state index < -0.39 is 12.0 Å². The summed E-state index contributed by atoms with van der Waals surface area (Å²) in [5.74, 6) is -1.21. The van der Waals surface area contributed by atoms with Gasteiger partial charge in [0, 0.05) is 5.69 Å². The van der Waals surface area contributed by atoms with Gasteiger partial charge in [-0.15, -0.1) is 0 Å². The molecule has 0 spiro atoms. The van der Waals surface area contributed by atoms with Crippen molar-refractivity contribution in [3.63, 3.8) is 0 Å². The smallest absolute Gasteiger partial charge is 0.335 e. The quantitative estimate of drug-likeness (QED) is 0.757. The second-order valence-electron chi connectivity index (χ2n) is 4.59. The summed E-state index contributed by atoms with van der Waals surface area (Å²) < 4.78 is 0. The number of carbonyl (C=O) groups excluding carboxylic acids is 1. The van der Waals surface area contributed by atoms with E-state index in [-0.39, 0.29) is 17.4 Å². The van der Waals surface area contributed by atoms with E-state index in [4.69, 9.17) is 10.8 Å². The van der Waals surface area contributed by atoms with Crippen molar-refractivity contribution in [2.45, 2.75) is 26.8 Å². The summed E-state index contributed by atoms with van der Waals surface area (Å²) in [7, 11) is 0. The molecule has 5 nitrogen and oxygen atoms in total. The van der Waals surface area contributed by atoms with Crippen molar-refractivity contribution in [1.29, 1.82) is 0 Å². The van der Waals surface area contributed by atoms with E-state index in [2.05, 4.69) is 5.32 Å². The third-order valence-corrected chi connectivity index (χ3v) is 2.75. The second-order valence-corrected chi connectivity index (χ2v) is 4.59. The molecule has 1 atom stereocenters. The monoisotopic (exact) mass is 250 g/mol. The lowest BCUT2D eigenvalue weighted by molar-refractivity contribution is -0.118. The predicted octanol–water partition coefficient (Wildman–Crippen LogP) is 1.62. The normalized spacial score (nSPS) is 12.3. The highest BCUT2D eigenvalue weighted by Crippen LogP contribution is 2.17. The summed E-state index contributed by atoms with van der Waals surface area (Å²) in [6.07, 6.45) is 0. The zero-order valence-electron chi connectivity index (χ0n) is 10.7. The molecule has 4 N–H and O–H groups in total. The minimum atomic E-state index is -0.991. The molecule has 0 bridgehead atoms. The Bertz CT molecular complexity index is 469. The molecule has 0 radical (unpaired) electrons. The van der Waals surface area contributed by atoms with Crippen molar-refractivity contribution in [1.82, 2.24) is 0 Å². The van der Waals surface area contributed by atoms with Gasteiger partial charge in [0.15, 0.2) is 0 Å². The first-order valence-electron chi connectivity index (χ1n) is 5.73. The fraction of sp³-hybridized carbons (Fsp3) is 0.385. The fourth-order valence-electron chi connectivity index (χ4n) is 1.46.